The largest absolute Gasteiger partial charge is 0.462 e. The van der Waals surface area contributed by atoms with E-state index in [-0.39, 0.29) is 13.2 Å². The monoisotopic (exact) mass is 472 g/mol. The first kappa shape index (κ1) is 22.8. The third kappa shape index (κ3) is 3.58. The van der Waals surface area contributed by atoms with Gasteiger partial charge in [0.2, 0.25) is 6.29 Å². The second-order valence-corrected chi connectivity index (χ2v) is 10.8. The van der Waals surface area contributed by atoms with Crippen molar-refractivity contribution in [2.45, 2.75) is 69.2 Å². The van der Waals surface area contributed by atoms with Crippen molar-refractivity contribution in [2.75, 3.05) is 26.3 Å². The molecule has 10 atom stereocenters. The number of aliphatic hydroxyl groups is 4. The lowest BCUT2D eigenvalue weighted by Crippen LogP contribution is -2.56. The molecular formula is C26H36N2O6. The third-order valence-corrected chi connectivity index (χ3v) is 8.91. The summed E-state index contributed by atoms with van der Waals surface area (Å²) in [7, 11) is 0. The van der Waals surface area contributed by atoms with Gasteiger partial charge < -0.3 is 34.9 Å². The molecule has 5 unspecified atom stereocenters. The van der Waals surface area contributed by atoms with Crippen molar-refractivity contribution in [3.8, 4) is 5.75 Å². The summed E-state index contributed by atoms with van der Waals surface area (Å²) in [5.74, 6) is 1.97. The molecule has 5 heterocycles. The molecule has 8 heteroatoms. The molecule has 4 bridgehead atoms. The standard InChI is InChI=1S/C26H36N2O6/c1-2-14-7-13-8-19-21-17(5-6-28(10-13)22(14)19)18-9-16(3-4-20(18)27-21)34-26-25(32)24(31)23(30)15(11-29)12-33-26/h3-4,9,13-15,19,22-27,29-32H,2,5-8,10-12H2,1H3/t13-,14-,15?,19-,22?,23+,24?,25?,26+/m0/s1. The van der Waals surface area contributed by atoms with Crippen molar-refractivity contribution in [3.05, 3.63) is 29.5 Å². The molecule has 186 valence electrons. The highest BCUT2D eigenvalue weighted by Crippen LogP contribution is 2.51. The van der Waals surface area contributed by atoms with E-state index >= 15 is 0 Å². The van der Waals surface area contributed by atoms with E-state index < -0.39 is 30.5 Å². The van der Waals surface area contributed by atoms with Crippen molar-refractivity contribution in [1.29, 1.82) is 0 Å². The normalized spacial score (nSPS) is 41.7. The van der Waals surface area contributed by atoms with Crippen LogP contribution in [0.25, 0.3) is 10.9 Å². The summed E-state index contributed by atoms with van der Waals surface area (Å²) in [6.07, 6.45) is -0.454. The minimum Gasteiger partial charge on any atom is -0.462 e. The summed E-state index contributed by atoms with van der Waals surface area (Å²) >= 11 is 0. The quantitative estimate of drug-likeness (QED) is 0.456. The van der Waals surface area contributed by atoms with Crippen LogP contribution in [0.15, 0.2) is 18.2 Å². The molecule has 4 aliphatic heterocycles. The van der Waals surface area contributed by atoms with E-state index in [1.807, 2.05) is 18.2 Å². The fourth-order valence-electron chi connectivity index (χ4n) is 7.20. The number of aliphatic hydroxyl groups excluding tert-OH is 4. The second kappa shape index (κ2) is 8.76. The molecule has 5 N–H and O–H groups in total. The Labute approximate surface area is 199 Å². The van der Waals surface area contributed by atoms with Crippen LogP contribution in [0.3, 0.4) is 0 Å². The Kier molecular flexibility index (Phi) is 5.87. The van der Waals surface area contributed by atoms with Crippen LogP contribution in [-0.2, 0) is 11.2 Å². The van der Waals surface area contributed by atoms with Gasteiger partial charge in [-0.3, -0.25) is 4.90 Å². The maximum atomic E-state index is 10.5. The fraction of sp³-hybridized carbons (Fsp3) is 0.692. The van der Waals surface area contributed by atoms with Crippen LogP contribution in [0, 0.1) is 17.8 Å². The van der Waals surface area contributed by atoms with Crippen molar-refractivity contribution in [3.63, 3.8) is 0 Å². The zero-order chi connectivity index (χ0) is 23.6. The highest BCUT2D eigenvalue weighted by Gasteiger charge is 2.48. The minimum atomic E-state index is -1.47. The number of fused-ring (bicyclic) bond motifs is 4. The number of rotatable bonds is 4. The van der Waals surface area contributed by atoms with E-state index in [2.05, 4.69) is 16.8 Å². The van der Waals surface area contributed by atoms with Crippen LogP contribution >= 0.6 is 0 Å². The van der Waals surface area contributed by atoms with Gasteiger partial charge in [-0.2, -0.15) is 0 Å². The number of aromatic nitrogens is 1. The molecule has 0 radical (unpaired) electrons. The maximum Gasteiger partial charge on any atom is 0.228 e. The van der Waals surface area contributed by atoms with Gasteiger partial charge in [-0.15, -0.1) is 0 Å². The molecule has 1 aromatic heterocycles. The fourth-order valence-corrected chi connectivity index (χ4v) is 7.20. The number of nitrogens with zero attached hydrogens (tertiary/aromatic N) is 1. The van der Waals surface area contributed by atoms with Gasteiger partial charge in [0.15, 0.2) is 0 Å². The average molecular weight is 473 g/mol. The molecule has 1 saturated carbocycles. The number of hydrogen-bond donors (Lipinski definition) is 5. The Morgan fingerprint density at radius 2 is 1.97 bits per heavy atom. The van der Waals surface area contributed by atoms with E-state index in [9.17, 15) is 20.4 Å². The van der Waals surface area contributed by atoms with E-state index in [4.69, 9.17) is 9.47 Å². The van der Waals surface area contributed by atoms with Crippen LogP contribution in [-0.4, -0.2) is 87.3 Å². The number of piperidine rings is 2. The highest BCUT2D eigenvalue weighted by molar-refractivity contribution is 5.86. The van der Waals surface area contributed by atoms with Crippen LogP contribution in [0.1, 0.15) is 43.4 Å². The summed E-state index contributed by atoms with van der Waals surface area (Å²) in [6, 6.07) is 6.49. The molecule has 1 aliphatic carbocycles. The Hall–Kier alpha value is -1.68. The summed E-state index contributed by atoms with van der Waals surface area (Å²) < 4.78 is 11.6. The SMILES string of the molecule is CC[C@H]1C[C@H]2C[C@H]3c4[nH]c5ccc(O[C@H]6OCC(CO)[C@@H](O)C(O)C6O)cc5c4CCN(C2)C13. The van der Waals surface area contributed by atoms with Gasteiger partial charge >= 0.3 is 0 Å². The molecule has 2 aromatic rings. The topological polar surface area (TPSA) is 118 Å². The maximum absolute atomic E-state index is 10.5. The number of hydrogen-bond acceptors (Lipinski definition) is 7. The third-order valence-electron chi connectivity index (χ3n) is 8.91. The van der Waals surface area contributed by atoms with Crippen LogP contribution in [0.2, 0.25) is 0 Å². The zero-order valence-electron chi connectivity index (χ0n) is 19.6. The highest BCUT2D eigenvalue weighted by atomic mass is 16.7. The summed E-state index contributed by atoms with van der Waals surface area (Å²) in [6.45, 7) is 4.27. The van der Waals surface area contributed by atoms with Crippen molar-refractivity contribution in [1.82, 2.24) is 9.88 Å². The van der Waals surface area contributed by atoms with E-state index in [0.29, 0.717) is 17.7 Å². The predicted molar refractivity (Wildman–Crippen MR) is 126 cm³/mol. The first-order valence-corrected chi connectivity index (χ1v) is 12.8. The first-order valence-electron chi connectivity index (χ1n) is 12.8. The Balaban J connectivity index is 1.30. The Bertz CT molecular complexity index is 1040. The van der Waals surface area contributed by atoms with Gasteiger partial charge in [-0.05, 0) is 54.9 Å². The molecular weight excluding hydrogens is 436 g/mol. The molecule has 0 spiro atoms. The number of aromatic amines is 1. The number of benzene rings is 1. The Morgan fingerprint density at radius 3 is 2.76 bits per heavy atom. The predicted octanol–water partition coefficient (Wildman–Crippen LogP) is 1.35. The summed E-state index contributed by atoms with van der Waals surface area (Å²) in [4.78, 5) is 6.49. The van der Waals surface area contributed by atoms with Crippen molar-refractivity contribution < 1.29 is 29.9 Å². The van der Waals surface area contributed by atoms with E-state index in [1.54, 1.807) is 0 Å². The summed E-state index contributed by atoms with van der Waals surface area (Å²) in [5.41, 5.74) is 3.85. The van der Waals surface area contributed by atoms with E-state index in [1.165, 1.54) is 37.1 Å². The minimum absolute atomic E-state index is 0.0169. The van der Waals surface area contributed by atoms with Crippen LogP contribution in [0.4, 0.5) is 0 Å². The number of H-pyrrole nitrogens is 1. The molecule has 7 rings (SSSR count). The molecule has 8 nitrogen and oxygen atoms in total. The van der Waals surface area contributed by atoms with Crippen molar-refractivity contribution >= 4 is 10.9 Å². The van der Waals surface area contributed by atoms with E-state index in [0.717, 1.165) is 35.7 Å². The molecule has 5 aliphatic rings. The van der Waals surface area contributed by atoms with Crippen molar-refractivity contribution in [2.24, 2.45) is 17.8 Å². The lowest BCUT2D eigenvalue weighted by Gasteiger charge is -2.53. The second-order valence-electron chi connectivity index (χ2n) is 10.8. The number of ether oxygens (including phenoxy) is 2. The number of nitrogens with one attached hydrogen (secondary N) is 1. The van der Waals surface area contributed by atoms with Gasteiger partial charge in [0.25, 0.3) is 0 Å². The molecule has 3 saturated heterocycles. The molecule has 1 aromatic carbocycles. The first-order chi connectivity index (χ1) is 16.5. The van der Waals surface area contributed by atoms with Gasteiger partial charge in [0.05, 0.1) is 19.3 Å². The lowest BCUT2D eigenvalue weighted by molar-refractivity contribution is -0.167. The van der Waals surface area contributed by atoms with Gasteiger partial charge in [0.1, 0.15) is 18.0 Å². The molecule has 4 fully saturated rings. The lowest BCUT2D eigenvalue weighted by atomic mass is 9.65. The molecule has 0 amide bonds. The Morgan fingerprint density at radius 1 is 1.12 bits per heavy atom. The van der Waals surface area contributed by atoms with Crippen LogP contribution < -0.4 is 4.74 Å². The van der Waals surface area contributed by atoms with Crippen LogP contribution in [0.5, 0.6) is 5.75 Å². The zero-order valence-corrected chi connectivity index (χ0v) is 19.6. The smallest absolute Gasteiger partial charge is 0.228 e. The summed E-state index contributed by atoms with van der Waals surface area (Å²) in [5, 5.41) is 41.6. The van der Waals surface area contributed by atoms with Gasteiger partial charge in [-0.25, -0.2) is 0 Å². The van der Waals surface area contributed by atoms with Gasteiger partial charge in [-0.1, -0.05) is 13.3 Å². The molecule has 34 heavy (non-hydrogen) atoms. The van der Waals surface area contributed by atoms with Gasteiger partial charge in [0, 0.05) is 47.6 Å². The average Bonchev–Trinajstić information content (AvgIpc) is 3.13.